The summed E-state index contributed by atoms with van der Waals surface area (Å²) in [5, 5.41) is 16.2. The van der Waals surface area contributed by atoms with Crippen molar-refractivity contribution in [3.8, 4) is 5.69 Å². The number of rotatable bonds is 7. The fourth-order valence-corrected chi connectivity index (χ4v) is 3.65. The molecule has 0 amide bonds. The normalized spacial score (nSPS) is 10.5. The summed E-state index contributed by atoms with van der Waals surface area (Å²) in [5.74, 6) is 0.928. The average molecular weight is 367 g/mol. The first-order chi connectivity index (χ1) is 10.8. The molecule has 3 aromatic rings. The monoisotopic (exact) mass is 366 g/mol. The molecule has 8 heteroatoms. The Balaban J connectivity index is 0.00000192. The molecule has 0 bridgehead atoms. The van der Waals surface area contributed by atoms with E-state index in [-0.39, 0.29) is 12.4 Å². The maximum Gasteiger partial charge on any atom is 0.214 e. The Morgan fingerprint density at radius 3 is 2.74 bits per heavy atom. The van der Waals surface area contributed by atoms with Crippen LogP contribution in [0, 0.1) is 6.92 Å². The van der Waals surface area contributed by atoms with Crippen molar-refractivity contribution >= 4 is 23.1 Å². The summed E-state index contributed by atoms with van der Waals surface area (Å²) in [4.78, 5) is 2.73. The topological polar surface area (TPSA) is 55.6 Å². The highest BCUT2D eigenvalue weighted by molar-refractivity contribution is 7.99. The largest absolute Gasteiger partial charge is 1.00 e. The van der Waals surface area contributed by atoms with Gasteiger partial charge in [-0.1, -0.05) is 30.0 Å². The predicted octanol–water partition coefficient (Wildman–Crippen LogP) is -0.0819. The smallest absolute Gasteiger partial charge is 0.214 e. The highest BCUT2D eigenvalue weighted by Gasteiger charge is 2.08. The van der Waals surface area contributed by atoms with Gasteiger partial charge in [0.2, 0.25) is 5.16 Å². The van der Waals surface area contributed by atoms with Gasteiger partial charge in [0.1, 0.15) is 0 Å². The first-order valence-corrected chi connectivity index (χ1v) is 8.86. The summed E-state index contributed by atoms with van der Waals surface area (Å²) in [6.45, 7) is 3.97. The van der Waals surface area contributed by atoms with E-state index in [1.807, 2.05) is 41.7 Å². The van der Waals surface area contributed by atoms with Gasteiger partial charge >= 0.3 is 0 Å². The lowest BCUT2D eigenvalue weighted by Crippen LogP contribution is -3.00. The third kappa shape index (κ3) is 5.04. The molecule has 0 saturated carbocycles. The number of hydrogen-bond acceptors (Lipinski definition) is 6. The van der Waals surface area contributed by atoms with Gasteiger partial charge in [-0.05, 0) is 41.6 Å². The van der Waals surface area contributed by atoms with Gasteiger partial charge in [0, 0.05) is 28.6 Å². The number of aromatic nitrogens is 4. The highest BCUT2D eigenvalue weighted by atomic mass is 35.5. The van der Waals surface area contributed by atoms with Crippen LogP contribution in [0.1, 0.15) is 9.75 Å². The summed E-state index contributed by atoms with van der Waals surface area (Å²) >= 11 is 3.49. The van der Waals surface area contributed by atoms with Crippen molar-refractivity contribution in [3.63, 3.8) is 0 Å². The van der Waals surface area contributed by atoms with Crippen LogP contribution < -0.4 is 17.7 Å². The molecule has 0 atom stereocenters. The second kappa shape index (κ2) is 9.02. The second-order valence-electron chi connectivity index (χ2n) is 4.75. The molecular formula is C15H17ClN5S2-. The van der Waals surface area contributed by atoms with E-state index >= 15 is 0 Å². The van der Waals surface area contributed by atoms with Gasteiger partial charge < -0.3 is 17.7 Å². The van der Waals surface area contributed by atoms with E-state index in [9.17, 15) is 0 Å². The Bertz CT molecular complexity index is 713. The highest BCUT2D eigenvalue weighted by Crippen LogP contribution is 2.17. The standard InChI is InChI=1S/C15H17N5S2.ClH/c1-12-7-8-14(22-12)11-16-9-10-21-15-17-18-19-20(15)13-5-3-2-4-6-13;/h2-8,16H,9-11H2,1H3;1H/p-1. The Kier molecular flexibility index (Phi) is 7.04. The van der Waals surface area contributed by atoms with E-state index in [0.29, 0.717) is 0 Å². The van der Waals surface area contributed by atoms with Crippen LogP contribution in [-0.4, -0.2) is 32.5 Å². The van der Waals surface area contributed by atoms with Crippen molar-refractivity contribution < 1.29 is 12.4 Å². The van der Waals surface area contributed by atoms with E-state index in [0.717, 1.165) is 29.7 Å². The first-order valence-electron chi connectivity index (χ1n) is 7.05. The van der Waals surface area contributed by atoms with Crippen LogP contribution in [0.4, 0.5) is 0 Å². The Morgan fingerprint density at radius 2 is 2.00 bits per heavy atom. The van der Waals surface area contributed by atoms with Crippen molar-refractivity contribution in [1.82, 2.24) is 25.5 Å². The van der Waals surface area contributed by atoms with Gasteiger partial charge in [0.05, 0.1) is 5.69 Å². The number of hydrogen-bond donors (Lipinski definition) is 1. The first kappa shape index (κ1) is 17.9. The van der Waals surface area contributed by atoms with Gasteiger partial charge in [-0.15, -0.1) is 16.4 Å². The van der Waals surface area contributed by atoms with Crippen LogP contribution >= 0.6 is 23.1 Å². The molecular weight excluding hydrogens is 350 g/mol. The zero-order valence-corrected chi connectivity index (χ0v) is 15.0. The number of nitrogens with zero attached hydrogens (tertiary/aromatic N) is 4. The van der Waals surface area contributed by atoms with Crippen molar-refractivity contribution in [2.24, 2.45) is 0 Å². The molecule has 0 aliphatic heterocycles. The molecule has 3 rings (SSSR count). The number of thiophene rings is 1. The molecule has 0 fully saturated rings. The van der Waals surface area contributed by atoms with E-state index in [4.69, 9.17) is 0 Å². The maximum absolute atomic E-state index is 4.09. The molecule has 0 saturated heterocycles. The van der Waals surface area contributed by atoms with Crippen LogP contribution in [0.15, 0.2) is 47.6 Å². The maximum atomic E-state index is 4.09. The lowest BCUT2D eigenvalue weighted by Gasteiger charge is -2.04. The van der Waals surface area contributed by atoms with Gasteiger partial charge in [-0.2, -0.15) is 4.68 Å². The predicted molar refractivity (Wildman–Crippen MR) is 90.6 cm³/mol. The van der Waals surface area contributed by atoms with Gasteiger partial charge in [-0.3, -0.25) is 0 Å². The van der Waals surface area contributed by atoms with Crippen molar-refractivity contribution in [2.75, 3.05) is 12.3 Å². The van der Waals surface area contributed by atoms with E-state index in [2.05, 4.69) is 39.9 Å². The molecule has 23 heavy (non-hydrogen) atoms. The fraction of sp³-hybridized carbons (Fsp3) is 0.267. The van der Waals surface area contributed by atoms with Crippen LogP contribution in [0.2, 0.25) is 0 Å². The molecule has 0 radical (unpaired) electrons. The second-order valence-corrected chi connectivity index (χ2v) is 7.18. The summed E-state index contributed by atoms with van der Waals surface area (Å²) in [5.41, 5.74) is 0.983. The minimum atomic E-state index is 0. The summed E-state index contributed by atoms with van der Waals surface area (Å²) in [6.07, 6.45) is 0. The lowest BCUT2D eigenvalue weighted by molar-refractivity contribution is -0.00000455. The molecule has 2 aromatic heterocycles. The number of benzene rings is 1. The number of thioether (sulfide) groups is 1. The van der Waals surface area contributed by atoms with E-state index < -0.39 is 0 Å². The summed E-state index contributed by atoms with van der Waals surface area (Å²) in [7, 11) is 0. The van der Waals surface area contributed by atoms with Crippen LogP contribution in [0.25, 0.3) is 5.69 Å². The minimum absolute atomic E-state index is 0. The Morgan fingerprint density at radius 1 is 1.17 bits per heavy atom. The number of tetrazole rings is 1. The number of halogens is 1. The summed E-state index contributed by atoms with van der Waals surface area (Å²) < 4.78 is 1.77. The van der Waals surface area contributed by atoms with Gasteiger partial charge in [0.25, 0.3) is 0 Å². The molecule has 122 valence electrons. The molecule has 5 nitrogen and oxygen atoms in total. The molecule has 1 N–H and O–H groups in total. The molecule has 0 aliphatic carbocycles. The quantitative estimate of drug-likeness (QED) is 0.468. The minimum Gasteiger partial charge on any atom is -1.00 e. The van der Waals surface area contributed by atoms with Crippen molar-refractivity contribution in [2.45, 2.75) is 18.6 Å². The third-order valence-electron chi connectivity index (χ3n) is 3.05. The molecule has 2 heterocycles. The number of aryl methyl sites for hydroxylation is 1. The fourth-order valence-electron chi connectivity index (χ4n) is 2.01. The molecule has 0 spiro atoms. The number of para-hydroxylation sites is 1. The lowest BCUT2D eigenvalue weighted by atomic mass is 10.3. The molecule has 0 unspecified atom stereocenters. The van der Waals surface area contributed by atoms with Crippen LogP contribution in [0.5, 0.6) is 0 Å². The average Bonchev–Trinajstić information content (AvgIpc) is 3.17. The van der Waals surface area contributed by atoms with Gasteiger partial charge in [-0.25, -0.2) is 0 Å². The van der Waals surface area contributed by atoms with E-state index in [1.54, 1.807) is 16.4 Å². The van der Waals surface area contributed by atoms with E-state index in [1.165, 1.54) is 9.75 Å². The van der Waals surface area contributed by atoms with Crippen LogP contribution in [-0.2, 0) is 6.54 Å². The van der Waals surface area contributed by atoms with Gasteiger partial charge in [0.15, 0.2) is 0 Å². The zero-order chi connectivity index (χ0) is 15.2. The zero-order valence-electron chi connectivity index (χ0n) is 12.6. The number of nitrogens with one attached hydrogen (secondary N) is 1. The Hall–Kier alpha value is -1.41. The molecule has 0 aliphatic rings. The van der Waals surface area contributed by atoms with Crippen molar-refractivity contribution in [3.05, 3.63) is 52.2 Å². The summed E-state index contributed by atoms with van der Waals surface area (Å²) in [6, 6.07) is 14.3. The SMILES string of the molecule is Cc1ccc(CNCCSc2nnnn2-c2ccccc2)s1.[Cl-]. The Labute approximate surface area is 149 Å². The van der Waals surface area contributed by atoms with Crippen molar-refractivity contribution in [1.29, 1.82) is 0 Å². The third-order valence-corrected chi connectivity index (χ3v) is 4.97. The van der Waals surface area contributed by atoms with Crippen LogP contribution in [0.3, 0.4) is 0 Å². The molecule has 1 aromatic carbocycles.